The van der Waals surface area contributed by atoms with Crippen LogP contribution in [0.2, 0.25) is 10.0 Å². The van der Waals surface area contributed by atoms with Gasteiger partial charge in [0.15, 0.2) is 0 Å². The van der Waals surface area contributed by atoms with Crippen LogP contribution in [0.15, 0.2) is 49.1 Å². The fourth-order valence-corrected chi connectivity index (χ4v) is 0.893. The Hall–Kier alpha value is -1.12. The van der Waals surface area contributed by atoms with Crippen LogP contribution in [0.3, 0.4) is 0 Å². The minimum atomic E-state index is 0.731. The summed E-state index contributed by atoms with van der Waals surface area (Å²) in [6.07, 6.45) is 6.62. The molecule has 2 aromatic heterocycles. The van der Waals surface area contributed by atoms with E-state index in [2.05, 4.69) is 9.97 Å². The van der Waals surface area contributed by atoms with Crippen molar-refractivity contribution in [2.45, 2.75) is 0 Å². The lowest BCUT2D eigenvalue weighted by Crippen LogP contribution is -1.63. The van der Waals surface area contributed by atoms with E-state index in [1.54, 1.807) is 49.1 Å². The third-order valence-electron chi connectivity index (χ3n) is 1.28. The molecule has 0 N–H and O–H groups in total. The molecule has 0 bridgehead atoms. The molecular weight excluding hydrogens is 219 g/mol. The molecule has 2 heterocycles. The Bertz CT molecular complexity index is 314. The van der Waals surface area contributed by atoms with Crippen LogP contribution >= 0.6 is 23.2 Å². The first-order chi connectivity index (χ1) is 6.79. The van der Waals surface area contributed by atoms with Crippen molar-refractivity contribution in [3.8, 4) is 0 Å². The molecule has 0 fully saturated rings. The summed E-state index contributed by atoms with van der Waals surface area (Å²) in [5.41, 5.74) is 0. The number of hydrogen-bond donors (Lipinski definition) is 0. The zero-order valence-electron chi connectivity index (χ0n) is 7.27. The van der Waals surface area contributed by atoms with Gasteiger partial charge in [0.05, 0.1) is 0 Å². The van der Waals surface area contributed by atoms with Crippen LogP contribution in [0, 0.1) is 0 Å². The Morgan fingerprint density at radius 1 is 0.643 bits per heavy atom. The van der Waals surface area contributed by atoms with Gasteiger partial charge in [0.2, 0.25) is 0 Å². The van der Waals surface area contributed by atoms with E-state index in [4.69, 9.17) is 23.2 Å². The summed E-state index contributed by atoms with van der Waals surface area (Å²) in [7, 11) is 0. The second kappa shape index (κ2) is 6.35. The maximum atomic E-state index is 5.50. The summed E-state index contributed by atoms with van der Waals surface area (Å²) in [5.74, 6) is 0. The van der Waals surface area contributed by atoms with Crippen LogP contribution in [0.25, 0.3) is 0 Å². The predicted molar refractivity (Wildman–Crippen MR) is 58.5 cm³/mol. The zero-order chi connectivity index (χ0) is 10.2. The molecule has 72 valence electrons. The molecule has 0 saturated heterocycles. The van der Waals surface area contributed by atoms with Crippen molar-refractivity contribution in [2.24, 2.45) is 0 Å². The summed E-state index contributed by atoms with van der Waals surface area (Å²) < 4.78 is 0. The number of halogens is 2. The Kier molecular flexibility index (Phi) is 4.97. The minimum Gasteiger partial charge on any atom is -0.265 e. The van der Waals surface area contributed by atoms with Crippen molar-refractivity contribution in [2.75, 3.05) is 0 Å². The van der Waals surface area contributed by atoms with E-state index in [0.29, 0.717) is 0 Å². The van der Waals surface area contributed by atoms with E-state index in [9.17, 15) is 0 Å². The summed E-state index contributed by atoms with van der Waals surface area (Å²) in [4.78, 5) is 7.52. The maximum Gasteiger partial charge on any atom is 0.0436 e. The molecule has 14 heavy (non-hydrogen) atoms. The molecule has 0 aliphatic carbocycles. The fourth-order valence-electron chi connectivity index (χ4n) is 0.667. The van der Waals surface area contributed by atoms with Crippen LogP contribution in [-0.4, -0.2) is 9.97 Å². The first kappa shape index (κ1) is 11.0. The van der Waals surface area contributed by atoms with Gasteiger partial charge in [0, 0.05) is 34.8 Å². The average Bonchev–Trinajstić information content (AvgIpc) is 2.21. The van der Waals surface area contributed by atoms with Crippen LogP contribution in [0.4, 0.5) is 0 Å². The number of rotatable bonds is 0. The third-order valence-corrected chi connectivity index (χ3v) is 1.78. The van der Waals surface area contributed by atoms with Gasteiger partial charge in [0.1, 0.15) is 0 Å². The fraction of sp³-hybridized carbons (Fsp3) is 0. The molecule has 2 aromatic rings. The van der Waals surface area contributed by atoms with Gasteiger partial charge in [-0.25, -0.2) is 0 Å². The van der Waals surface area contributed by atoms with E-state index in [0.717, 1.165) is 10.0 Å². The van der Waals surface area contributed by atoms with Gasteiger partial charge in [-0.15, -0.1) is 0 Å². The van der Waals surface area contributed by atoms with Crippen molar-refractivity contribution in [1.29, 1.82) is 0 Å². The Balaban J connectivity index is 0.000000140. The lowest BCUT2D eigenvalue weighted by molar-refractivity contribution is 1.33. The van der Waals surface area contributed by atoms with Gasteiger partial charge < -0.3 is 0 Å². The molecule has 0 atom stereocenters. The molecule has 0 radical (unpaired) electrons. The van der Waals surface area contributed by atoms with E-state index in [1.807, 2.05) is 0 Å². The van der Waals surface area contributed by atoms with Crippen LogP contribution in [-0.2, 0) is 0 Å². The van der Waals surface area contributed by atoms with Crippen LogP contribution < -0.4 is 0 Å². The normalized spacial score (nSPS) is 8.71. The number of aromatic nitrogens is 2. The van der Waals surface area contributed by atoms with Gasteiger partial charge in [-0.3, -0.25) is 9.97 Å². The van der Waals surface area contributed by atoms with Crippen molar-refractivity contribution in [3.05, 3.63) is 59.1 Å². The highest BCUT2D eigenvalue weighted by Crippen LogP contribution is 2.02. The van der Waals surface area contributed by atoms with Gasteiger partial charge in [-0.2, -0.15) is 0 Å². The SMILES string of the molecule is Clc1ccncc1.Clc1ccncc1. The number of pyridine rings is 2. The molecule has 0 aliphatic heterocycles. The van der Waals surface area contributed by atoms with Gasteiger partial charge in [0.25, 0.3) is 0 Å². The average molecular weight is 227 g/mol. The Morgan fingerprint density at radius 2 is 0.929 bits per heavy atom. The Labute approximate surface area is 92.5 Å². The molecule has 2 rings (SSSR count). The quantitative estimate of drug-likeness (QED) is 0.688. The molecule has 0 spiro atoms. The summed E-state index contributed by atoms with van der Waals surface area (Å²) in [6, 6.07) is 6.95. The van der Waals surface area contributed by atoms with E-state index in [-0.39, 0.29) is 0 Å². The molecule has 0 aliphatic rings. The molecule has 0 amide bonds. The summed E-state index contributed by atoms with van der Waals surface area (Å²) in [6.45, 7) is 0. The highest BCUT2D eigenvalue weighted by Gasteiger charge is 1.76. The highest BCUT2D eigenvalue weighted by molar-refractivity contribution is 6.30. The van der Waals surface area contributed by atoms with E-state index >= 15 is 0 Å². The topological polar surface area (TPSA) is 25.8 Å². The third kappa shape index (κ3) is 4.80. The second-order valence-corrected chi connectivity index (χ2v) is 3.20. The molecule has 2 nitrogen and oxygen atoms in total. The standard InChI is InChI=1S/2C5H4ClN/c2*6-5-1-3-7-4-2-5/h2*1-4H. The first-order valence-corrected chi connectivity index (χ1v) is 4.65. The van der Waals surface area contributed by atoms with Crippen molar-refractivity contribution < 1.29 is 0 Å². The smallest absolute Gasteiger partial charge is 0.0436 e. The minimum absolute atomic E-state index is 0.731. The molecule has 0 aromatic carbocycles. The highest BCUT2D eigenvalue weighted by atomic mass is 35.5. The predicted octanol–water partition coefficient (Wildman–Crippen LogP) is 3.47. The van der Waals surface area contributed by atoms with Gasteiger partial charge >= 0.3 is 0 Å². The molecule has 4 heteroatoms. The molecule has 0 unspecified atom stereocenters. The lowest BCUT2D eigenvalue weighted by atomic mass is 10.5. The van der Waals surface area contributed by atoms with E-state index < -0.39 is 0 Å². The van der Waals surface area contributed by atoms with Gasteiger partial charge in [-0.05, 0) is 24.3 Å². The van der Waals surface area contributed by atoms with Gasteiger partial charge in [-0.1, -0.05) is 23.2 Å². The number of nitrogens with zero attached hydrogens (tertiary/aromatic N) is 2. The van der Waals surface area contributed by atoms with Crippen molar-refractivity contribution >= 4 is 23.2 Å². The van der Waals surface area contributed by atoms with Crippen molar-refractivity contribution in [1.82, 2.24) is 9.97 Å². The number of hydrogen-bond acceptors (Lipinski definition) is 2. The van der Waals surface area contributed by atoms with Crippen LogP contribution in [0.5, 0.6) is 0 Å². The lowest BCUT2D eigenvalue weighted by Gasteiger charge is -1.79. The van der Waals surface area contributed by atoms with Crippen molar-refractivity contribution in [3.63, 3.8) is 0 Å². The summed E-state index contributed by atoms with van der Waals surface area (Å²) >= 11 is 11.0. The largest absolute Gasteiger partial charge is 0.265 e. The van der Waals surface area contributed by atoms with Crippen LogP contribution in [0.1, 0.15) is 0 Å². The first-order valence-electron chi connectivity index (χ1n) is 3.90. The molecule has 0 saturated carbocycles. The monoisotopic (exact) mass is 226 g/mol. The summed E-state index contributed by atoms with van der Waals surface area (Å²) in [5, 5.41) is 1.46. The second-order valence-electron chi connectivity index (χ2n) is 2.33. The Morgan fingerprint density at radius 3 is 1.07 bits per heavy atom. The van der Waals surface area contributed by atoms with E-state index in [1.165, 1.54) is 0 Å². The maximum absolute atomic E-state index is 5.50. The zero-order valence-corrected chi connectivity index (χ0v) is 8.78. The molecular formula is C10H8Cl2N2.